The van der Waals surface area contributed by atoms with E-state index in [0.29, 0.717) is 17.8 Å². The van der Waals surface area contributed by atoms with Gasteiger partial charge >= 0.3 is 0 Å². The lowest BCUT2D eigenvalue weighted by molar-refractivity contribution is 0.0674. The molecule has 1 aliphatic heterocycles. The van der Waals surface area contributed by atoms with Crippen molar-refractivity contribution in [3.63, 3.8) is 0 Å². The van der Waals surface area contributed by atoms with Gasteiger partial charge in [-0.1, -0.05) is 24.6 Å². The van der Waals surface area contributed by atoms with Gasteiger partial charge in [-0.2, -0.15) is 0 Å². The van der Waals surface area contributed by atoms with E-state index < -0.39 is 0 Å². The van der Waals surface area contributed by atoms with E-state index in [1.54, 1.807) is 0 Å². The van der Waals surface area contributed by atoms with E-state index in [2.05, 4.69) is 19.9 Å². The number of rotatable bonds is 5. The number of morpholine rings is 1. The summed E-state index contributed by atoms with van der Waals surface area (Å²) >= 11 is 1.82. The first-order valence-corrected chi connectivity index (χ1v) is 9.29. The number of hydrogen-bond donors (Lipinski definition) is 1. The number of thioether (sulfide) groups is 1. The molecule has 0 atom stereocenters. The first-order valence-electron chi connectivity index (χ1n) is 8.41. The van der Waals surface area contributed by atoms with E-state index in [4.69, 9.17) is 10.5 Å². The maximum Gasteiger partial charge on any atom is 0.191 e. The summed E-state index contributed by atoms with van der Waals surface area (Å²) in [6, 6.07) is 0. The van der Waals surface area contributed by atoms with Crippen LogP contribution in [0.4, 0.5) is 0 Å². The molecule has 1 aromatic rings. The molecule has 2 N–H and O–H groups in total. The van der Waals surface area contributed by atoms with Gasteiger partial charge < -0.3 is 15.4 Å². The molecule has 126 valence electrons. The topological polar surface area (TPSA) is 76.6 Å². The van der Waals surface area contributed by atoms with Crippen molar-refractivity contribution in [3.8, 4) is 0 Å². The second kappa shape index (κ2) is 8.49. The van der Waals surface area contributed by atoms with Crippen LogP contribution in [0.1, 0.15) is 31.2 Å². The molecule has 0 bridgehead atoms. The Balaban J connectivity index is 1.44. The lowest BCUT2D eigenvalue weighted by Crippen LogP contribution is -2.44. The van der Waals surface area contributed by atoms with E-state index >= 15 is 0 Å². The molecule has 7 heteroatoms. The number of hydrogen-bond acceptors (Lipinski definition) is 5. The van der Waals surface area contributed by atoms with E-state index in [-0.39, 0.29) is 0 Å². The van der Waals surface area contributed by atoms with Crippen LogP contribution in [0.15, 0.2) is 22.5 Å². The summed E-state index contributed by atoms with van der Waals surface area (Å²) in [6.07, 6.45) is 9.95. The van der Waals surface area contributed by atoms with Gasteiger partial charge in [0.1, 0.15) is 0 Å². The van der Waals surface area contributed by atoms with Gasteiger partial charge in [0.2, 0.25) is 0 Å². The second-order valence-electron chi connectivity index (χ2n) is 5.99. The van der Waals surface area contributed by atoms with Gasteiger partial charge in [-0.05, 0) is 24.8 Å². The van der Waals surface area contributed by atoms with Gasteiger partial charge in [0.05, 0.1) is 13.2 Å². The highest BCUT2D eigenvalue weighted by atomic mass is 32.2. The molecule has 0 unspecified atom stereocenters. The van der Waals surface area contributed by atoms with Crippen molar-refractivity contribution >= 4 is 17.7 Å². The molecule has 1 saturated carbocycles. The van der Waals surface area contributed by atoms with Crippen molar-refractivity contribution in [1.82, 2.24) is 14.9 Å². The molecular weight excluding hydrogens is 310 g/mol. The Morgan fingerprint density at radius 3 is 2.65 bits per heavy atom. The van der Waals surface area contributed by atoms with Gasteiger partial charge in [-0.3, -0.25) is 4.99 Å². The maximum atomic E-state index is 6.01. The number of ether oxygens (including phenoxy) is 1. The molecule has 1 saturated heterocycles. The van der Waals surface area contributed by atoms with Crippen molar-refractivity contribution in [2.75, 3.05) is 32.8 Å². The molecule has 0 radical (unpaired) electrons. The number of nitrogens with zero attached hydrogens (tertiary/aromatic N) is 4. The average Bonchev–Trinajstić information content (AvgIpc) is 3.10. The molecule has 0 amide bonds. The van der Waals surface area contributed by atoms with E-state index in [1.165, 1.54) is 25.7 Å². The molecule has 0 spiro atoms. The van der Waals surface area contributed by atoms with Gasteiger partial charge in [0, 0.05) is 37.3 Å². The third kappa shape index (κ3) is 5.07. The van der Waals surface area contributed by atoms with Crippen LogP contribution < -0.4 is 5.73 Å². The van der Waals surface area contributed by atoms with Crippen LogP contribution in [-0.2, 0) is 11.2 Å². The molecule has 2 fully saturated rings. The number of aromatic nitrogens is 2. The quantitative estimate of drug-likeness (QED) is 0.501. The fourth-order valence-electron chi connectivity index (χ4n) is 2.88. The molecule has 2 heterocycles. The predicted octanol–water partition coefficient (Wildman–Crippen LogP) is 1.70. The van der Waals surface area contributed by atoms with E-state index in [0.717, 1.165) is 43.4 Å². The Labute approximate surface area is 141 Å². The zero-order valence-corrected chi connectivity index (χ0v) is 14.3. The summed E-state index contributed by atoms with van der Waals surface area (Å²) in [5.74, 6) is 0.614. The Morgan fingerprint density at radius 1 is 1.26 bits per heavy atom. The predicted molar refractivity (Wildman–Crippen MR) is 92.7 cm³/mol. The van der Waals surface area contributed by atoms with Crippen molar-refractivity contribution in [2.24, 2.45) is 10.7 Å². The minimum atomic E-state index is 0.614. The summed E-state index contributed by atoms with van der Waals surface area (Å²) in [7, 11) is 0. The Hall–Kier alpha value is -1.34. The summed E-state index contributed by atoms with van der Waals surface area (Å²) < 4.78 is 5.31. The molecule has 23 heavy (non-hydrogen) atoms. The molecular formula is C16H25N5OS. The van der Waals surface area contributed by atoms with Crippen molar-refractivity contribution in [3.05, 3.63) is 18.0 Å². The van der Waals surface area contributed by atoms with Crippen molar-refractivity contribution in [1.29, 1.82) is 0 Å². The van der Waals surface area contributed by atoms with Gasteiger partial charge in [-0.15, -0.1) is 0 Å². The molecule has 1 aromatic heterocycles. The van der Waals surface area contributed by atoms with Gasteiger partial charge in [0.25, 0.3) is 0 Å². The average molecular weight is 335 g/mol. The first kappa shape index (κ1) is 16.5. The molecule has 0 aromatic carbocycles. The third-order valence-corrected chi connectivity index (χ3v) is 5.49. The maximum absolute atomic E-state index is 6.01. The highest BCUT2D eigenvalue weighted by Gasteiger charge is 2.17. The van der Waals surface area contributed by atoms with Crippen molar-refractivity contribution in [2.45, 2.75) is 42.5 Å². The van der Waals surface area contributed by atoms with Crippen molar-refractivity contribution < 1.29 is 4.74 Å². The minimum absolute atomic E-state index is 0.614. The lowest BCUT2D eigenvalue weighted by atomic mass is 10.2. The molecule has 1 aliphatic carbocycles. The van der Waals surface area contributed by atoms with Crippen LogP contribution >= 0.6 is 11.8 Å². The standard InChI is InChI=1S/C16H25N5OS/c17-15(21-7-9-22-10-8-21)18-6-5-13-11-19-16(20-12-13)23-14-3-1-2-4-14/h11-12,14H,1-10H2,(H2,17,18). The highest BCUT2D eigenvalue weighted by Crippen LogP contribution is 2.32. The lowest BCUT2D eigenvalue weighted by Gasteiger charge is -2.27. The fourth-order valence-corrected chi connectivity index (χ4v) is 3.97. The highest BCUT2D eigenvalue weighted by molar-refractivity contribution is 7.99. The summed E-state index contributed by atoms with van der Waals surface area (Å²) in [6.45, 7) is 3.77. The summed E-state index contributed by atoms with van der Waals surface area (Å²) in [5, 5.41) is 1.61. The second-order valence-corrected chi connectivity index (χ2v) is 7.26. The normalized spacial score (nSPS) is 20.2. The molecule has 6 nitrogen and oxygen atoms in total. The Morgan fingerprint density at radius 2 is 1.96 bits per heavy atom. The van der Waals surface area contributed by atoms with Crippen LogP contribution in [0.25, 0.3) is 0 Å². The number of guanidine groups is 1. The Bertz CT molecular complexity index is 510. The summed E-state index contributed by atoms with van der Waals surface area (Å²) in [4.78, 5) is 15.5. The first-order chi connectivity index (χ1) is 11.3. The SMILES string of the molecule is NC(=NCCc1cnc(SC2CCCC2)nc1)N1CCOCC1. The minimum Gasteiger partial charge on any atom is -0.378 e. The smallest absolute Gasteiger partial charge is 0.191 e. The van der Waals surface area contributed by atoms with Gasteiger partial charge in [0.15, 0.2) is 11.1 Å². The zero-order valence-electron chi connectivity index (χ0n) is 13.5. The van der Waals surface area contributed by atoms with Crippen LogP contribution in [0.3, 0.4) is 0 Å². The number of nitrogens with two attached hydrogens (primary N) is 1. The van der Waals surface area contributed by atoms with Crippen LogP contribution in [0.5, 0.6) is 0 Å². The van der Waals surface area contributed by atoms with E-state index in [9.17, 15) is 0 Å². The Kier molecular flexibility index (Phi) is 6.10. The molecule has 2 aliphatic rings. The van der Waals surface area contributed by atoms with Crippen LogP contribution in [0.2, 0.25) is 0 Å². The summed E-state index contributed by atoms with van der Waals surface area (Å²) in [5.41, 5.74) is 7.12. The number of aliphatic imine (C=N–C) groups is 1. The third-order valence-electron chi connectivity index (χ3n) is 4.27. The largest absolute Gasteiger partial charge is 0.378 e. The zero-order chi connectivity index (χ0) is 15.9. The fraction of sp³-hybridized carbons (Fsp3) is 0.688. The monoisotopic (exact) mass is 335 g/mol. The van der Waals surface area contributed by atoms with Crippen LogP contribution in [0, 0.1) is 0 Å². The molecule has 3 rings (SSSR count). The van der Waals surface area contributed by atoms with Gasteiger partial charge in [-0.25, -0.2) is 9.97 Å². The van der Waals surface area contributed by atoms with E-state index in [1.807, 2.05) is 24.2 Å². The van der Waals surface area contributed by atoms with Crippen LogP contribution in [-0.4, -0.2) is 58.9 Å².